The first-order valence-electron chi connectivity index (χ1n) is 7.41. The largest absolute Gasteiger partial charge is 0.491 e. The van der Waals surface area contributed by atoms with Crippen LogP contribution in [-0.2, 0) is 6.54 Å². The third kappa shape index (κ3) is 6.43. The SMILES string of the molecule is CC(C)Oc1ccc(-c2c[nH]cc2CN(C)CCN)cc1.Cl.Cl. The van der Waals surface area contributed by atoms with Crippen molar-refractivity contribution in [3.63, 3.8) is 0 Å². The van der Waals surface area contributed by atoms with Crippen molar-refractivity contribution in [3.05, 3.63) is 42.2 Å². The lowest BCUT2D eigenvalue weighted by molar-refractivity contribution is 0.242. The first kappa shape index (κ1) is 21.8. The number of halogens is 2. The molecule has 0 unspecified atom stereocenters. The van der Waals surface area contributed by atoms with Gasteiger partial charge in [-0.05, 0) is 44.2 Å². The summed E-state index contributed by atoms with van der Waals surface area (Å²) in [7, 11) is 2.09. The van der Waals surface area contributed by atoms with Gasteiger partial charge in [-0.15, -0.1) is 24.8 Å². The molecule has 1 aromatic carbocycles. The third-order valence-corrected chi connectivity index (χ3v) is 3.32. The van der Waals surface area contributed by atoms with Crippen LogP contribution in [0.1, 0.15) is 19.4 Å². The molecule has 6 heteroatoms. The number of nitrogens with zero attached hydrogens (tertiary/aromatic N) is 1. The molecule has 0 saturated heterocycles. The van der Waals surface area contributed by atoms with Gasteiger partial charge in [0.25, 0.3) is 0 Å². The van der Waals surface area contributed by atoms with Gasteiger partial charge < -0.3 is 20.4 Å². The highest BCUT2D eigenvalue weighted by Crippen LogP contribution is 2.26. The van der Waals surface area contributed by atoms with Crippen LogP contribution in [0, 0.1) is 0 Å². The van der Waals surface area contributed by atoms with Crippen LogP contribution in [-0.4, -0.2) is 36.1 Å². The van der Waals surface area contributed by atoms with Crippen LogP contribution in [0.15, 0.2) is 36.7 Å². The lowest BCUT2D eigenvalue weighted by Crippen LogP contribution is -2.24. The van der Waals surface area contributed by atoms with E-state index in [-0.39, 0.29) is 30.9 Å². The standard InChI is InChI=1S/C17H25N3O.2ClH/c1-13(2)21-16-6-4-14(5-7-16)17-11-19-10-15(17)12-20(3)9-8-18;;/h4-7,10-11,13,19H,8-9,12,18H2,1-3H3;2*1H. The van der Waals surface area contributed by atoms with Crippen LogP contribution in [0.3, 0.4) is 0 Å². The molecule has 23 heavy (non-hydrogen) atoms. The molecule has 1 heterocycles. The molecule has 0 saturated carbocycles. The second kappa shape index (κ2) is 10.6. The number of rotatable bonds is 7. The van der Waals surface area contributed by atoms with E-state index in [0.717, 1.165) is 18.8 Å². The van der Waals surface area contributed by atoms with E-state index >= 15 is 0 Å². The number of nitrogens with one attached hydrogen (secondary N) is 1. The average Bonchev–Trinajstić information content (AvgIpc) is 2.87. The van der Waals surface area contributed by atoms with Crippen molar-refractivity contribution in [1.29, 1.82) is 0 Å². The molecule has 0 amide bonds. The summed E-state index contributed by atoms with van der Waals surface area (Å²) in [6, 6.07) is 8.26. The first-order chi connectivity index (χ1) is 10.1. The summed E-state index contributed by atoms with van der Waals surface area (Å²) in [4.78, 5) is 5.43. The molecule has 130 valence electrons. The van der Waals surface area contributed by atoms with E-state index in [1.54, 1.807) is 0 Å². The number of H-pyrrole nitrogens is 1. The lowest BCUT2D eigenvalue weighted by Gasteiger charge is -2.16. The van der Waals surface area contributed by atoms with Gasteiger partial charge in [0, 0.05) is 37.6 Å². The monoisotopic (exact) mass is 359 g/mol. The lowest BCUT2D eigenvalue weighted by atomic mass is 10.0. The summed E-state index contributed by atoms with van der Waals surface area (Å²) in [5, 5.41) is 0. The van der Waals surface area contributed by atoms with Crippen molar-refractivity contribution in [2.75, 3.05) is 20.1 Å². The van der Waals surface area contributed by atoms with Crippen LogP contribution in [0.25, 0.3) is 11.1 Å². The highest BCUT2D eigenvalue weighted by atomic mass is 35.5. The summed E-state index contributed by atoms with van der Waals surface area (Å²) in [6.07, 6.45) is 4.30. The molecule has 0 spiro atoms. The zero-order chi connectivity index (χ0) is 15.2. The quantitative estimate of drug-likeness (QED) is 0.792. The second-order valence-electron chi connectivity index (χ2n) is 5.61. The molecule has 0 atom stereocenters. The van der Waals surface area contributed by atoms with Gasteiger partial charge in [0.05, 0.1) is 6.10 Å². The zero-order valence-electron chi connectivity index (χ0n) is 13.9. The Morgan fingerprint density at radius 1 is 1.13 bits per heavy atom. The molecular weight excluding hydrogens is 333 g/mol. The summed E-state index contributed by atoms with van der Waals surface area (Å²) < 4.78 is 5.68. The van der Waals surface area contributed by atoms with Crippen molar-refractivity contribution in [3.8, 4) is 16.9 Å². The van der Waals surface area contributed by atoms with Gasteiger partial charge in [0.15, 0.2) is 0 Å². The van der Waals surface area contributed by atoms with Gasteiger partial charge in [0.1, 0.15) is 5.75 Å². The number of likely N-dealkylation sites (N-methyl/N-ethyl adjacent to an activating group) is 1. The fourth-order valence-corrected chi connectivity index (χ4v) is 2.37. The molecule has 3 N–H and O–H groups in total. The predicted molar refractivity (Wildman–Crippen MR) is 102 cm³/mol. The van der Waals surface area contributed by atoms with E-state index in [9.17, 15) is 0 Å². The van der Waals surface area contributed by atoms with E-state index in [2.05, 4.69) is 35.3 Å². The topological polar surface area (TPSA) is 54.3 Å². The molecular formula is C17H27Cl2N3O. The summed E-state index contributed by atoms with van der Waals surface area (Å²) in [5.41, 5.74) is 9.31. The minimum atomic E-state index is 0. The van der Waals surface area contributed by atoms with Gasteiger partial charge in [-0.25, -0.2) is 0 Å². The van der Waals surface area contributed by atoms with E-state index < -0.39 is 0 Å². The van der Waals surface area contributed by atoms with Crippen LogP contribution in [0.4, 0.5) is 0 Å². The Bertz CT molecular complexity index is 555. The molecule has 0 aliphatic heterocycles. The Morgan fingerprint density at radius 3 is 2.35 bits per heavy atom. The number of hydrogen-bond acceptors (Lipinski definition) is 3. The number of benzene rings is 1. The number of hydrogen-bond donors (Lipinski definition) is 2. The number of ether oxygens (including phenoxy) is 1. The molecule has 2 aromatic rings. The average molecular weight is 360 g/mol. The number of nitrogens with two attached hydrogens (primary N) is 1. The maximum absolute atomic E-state index is 5.68. The van der Waals surface area contributed by atoms with Crippen LogP contribution >= 0.6 is 24.8 Å². The van der Waals surface area contributed by atoms with Crippen molar-refractivity contribution in [2.45, 2.75) is 26.5 Å². The minimum Gasteiger partial charge on any atom is -0.491 e. The molecule has 4 nitrogen and oxygen atoms in total. The minimum absolute atomic E-state index is 0. The van der Waals surface area contributed by atoms with E-state index in [1.165, 1.54) is 16.7 Å². The Hall–Kier alpha value is -1.20. The Labute approximate surface area is 151 Å². The molecule has 0 aliphatic rings. The predicted octanol–water partition coefficient (Wildman–Crippen LogP) is 3.70. The number of aromatic amines is 1. The van der Waals surface area contributed by atoms with Gasteiger partial charge >= 0.3 is 0 Å². The molecule has 0 fully saturated rings. The summed E-state index contributed by atoms with van der Waals surface area (Å²) in [5.74, 6) is 0.908. The second-order valence-corrected chi connectivity index (χ2v) is 5.61. The van der Waals surface area contributed by atoms with Gasteiger partial charge in [-0.3, -0.25) is 0 Å². The smallest absolute Gasteiger partial charge is 0.119 e. The fourth-order valence-electron chi connectivity index (χ4n) is 2.37. The van der Waals surface area contributed by atoms with Gasteiger partial charge in [0.2, 0.25) is 0 Å². The molecule has 0 radical (unpaired) electrons. The third-order valence-electron chi connectivity index (χ3n) is 3.32. The highest BCUT2D eigenvalue weighted by molar-refractivity contribution is 5.85. The van der Waals surface area contributed by atoms with E-state index in [4.69, 9.17) is 10.5 Å². The van der Waals surface area contributed by atoms with Crippen LogP contribution in [0.5, 0.6) is 5.75 Å². The molecule has 0 bridgehead atoms. The van der Waals surface area contributed by atoms with Crippen molar-refractivity contribution in [2.24, 2.45) is 5.73 Å². The normalized spacial score (nSPS) is 10.3. The van der Waals surface area contributed by atoms with E-state index in [0.29, 0.717) is 6.54 Å². The molecule has 2 rings (SSSR count). The maximum atomic E-state index is 5.68. The molecule has 1 aromatic heterocycles. The van der Waals surface area contributed by atoms with Gasteiger partial charge in [-0.1, -0.05) is 12.1 Å². The zero-order valence-corrected chi connectivity index (χ0v) is 15.5. The number of aromatic nitrogens is 1. The van der Waals surface area contributed by atoms with Gasteiger partial charge in [-0.2, -0.15) is 0 Å². The Morgan fingerprint density at radius 2 is 1.78 bits per heavy atom. The van der Waals surface area contributed by atoms with Crippen molar-refractivity contribution >= 4 is 24.8 Å². The van der Waals surface area contributed by atoms with Crippen LogP contribution < -0.4 is 10.5 Å². The molecule has 0 aliphatic carbocycles. The highest BCUT2D eigenvalue weighted by Gasteiger charge is 2.09. The Kier molecular flexibility index (Phi) is 10.0. The van der Waals surface area contributed by atoms with Crippen molar-refractivity contribution in [1.82, 2.24) is 9.88 Å². The maximum Gasteiger partial charge on any atom is 0.119 e. The van der Waals surface area contributed by atoms with Crippen LogP contribution in [0.2, 0.25) is 0 Å². The first-order valence-corrected chi connectivity index (χ1v) is 7.41. The summed E-state index contributed by atoms with van der Waals surface area (Å²) in [6.45, 7) is 6.53. The summed E-state index contributed by atoms with van der Waals surface area (Å²) >= 11 is 0. The fraction of sp³-hybridized carbons (Fsp3) is 0.412. The van der Waals surface area contributed by atoms with Crippen molar-refractivity contribution < 1.29 is 4.74 Å². The Balaban J connectivity index is 0.00000242. The van der Waals surface area contributed by atoms with E-state index in [1.807, 2.05) is 32.2 Å².